The number of allylic oxidation sites excluding steroid dienone is 1. The summed E-state index contributed by atoms with van der Waals surface area (Å²) in [5.74, 6) is 2.56. The number of ether oxygens (including phenoxy) is 2. The molecule has 1 aromatic heterocycles. The van der Waals surface area contributed by atoms with Crippen LogP contribution in [0.3, 0.4) is 0 Å². The van der Waals surface area contributed by atoms with E-state index in [1.54, 1.807) is 14.2 Å². The van der Waals surface area contributed by atoms with Crippen LogP contribution in [0.4, 0.5) is 0 Å². The van der Waals surface area contributed by atoms with Gasteiger partial charge in [0.1, 0.15) is 17.3 Å². The van der Waals surface area contributed by atoms with Crippen LogP contribution in [0.2, 0.25) is 0 Å². The Morgan fingerprint density at radius 3 is 2.43 bits per heavy atom. The maximum absolute atomic E-state index is 6.00. The van der Waals surface area contributed by atoms with Crippen molar-refractivity contribution in [3.63, 3.8) is 0 Å². The second kappa shape index (κ2) is 7.42. The van der Waals surface area contributed by atoms with E-state index < -0.39 is 0 Å². The van der Waals surface area contributed by atoms with E-state index in [-0.39, 0.29) is 0 Å². The number of fused-ring (bicyclic) bond motifs is 2. The molecule has 5 rings (SSSR count). The van der Waals surface area contributed by atoms with Gasteiger partial charge in [0, 0.05) is 28.8 Å². The second-order valence-electron chi connectivity index (χ2n) is 7.63. The Bertz CT molecular complexity index is 1250. The number of methoxy groups -OCH3 is 2. The van der Waals surface area contributed by atoms with E-state index in [0.717, 1.165) is 46.4 Å². The van der Waals surface area contributed by atoms with Gasteiger partial charge in [-0.2, -0.15) is 0 Å². The van der Waals surface area contributed by atoms with Crippen LogP contribution in [-0.4, -0.2) is 14.2 Å². The van der Waals surface area contributed by atoms with Crippen LogP contribution in [-0.2, 0) is 12.8 Å². The van der Waals surface area contributed by atoms with Gasteiger partial charge in [-0.25, -0.2) is 0 Å². The van der Waals surface area contributed by atoms with Gasteiger partial charge < -0.3 is 13.9 Å². The van der Waals surface area contributed by atoms with Crippen molar-refractivity contribution < 1.29 is 13.9 Å². The van der Waals surface area contributed by atoms with E-state index in [9.17, 15) is 0 Å². The van der Waals surface area contributed by atoms with Crippen molar-refractivity contribution in [3.05, 3.63) is 83.3 Å². The fourth-order valence-corrected chi connectivity index (χ4v) is 4.43. The van der Waals surface area contributed by atoms with Gasteiger partial charge in [0.2, 0.25) is 0 Å². The topological polar surface area (TPSA) is 31.6 Å². The molecule has 3 aromatic carbocycles. The van der Waals surface area contributed by atoms with Crippen molar-refractivity contribution in [2.24, 2.45) is 0 Å². The third kappa shape index (κ3) is 2.98. The first-order valence-corrected chi connectivity index (χ1v) is 10.3. The average Bonchev–Trinajstić information content (AvgIpc) is 3.41. The third-order valence-corrected chi connectivity index (χ3v) is 5.94. The molecule has 0 saturated heterocycles. The highest BCUT2D eigenvalue weighted by atomic mass is 16.5. The fraction of sp³-hybridized carbons (Fsp3) is 0.185. The summed E-state index contributed by atoms with van der Waals surface area (Å²) in [6.07, 6.45) is 5.96. The second-order valence-corrected chi connectivity index (χ2v) is 7.63. The Balaban J connectivity index is 1.70. The van der Waals surface area contributed by atoms with Crippen LogP contribution >= 0.6 is 0 Å². The molecule has 1 aliphatic rings. The van der Waals surface area contributed by atoms with E-state index in [1.165, 1.54) is 27.8 Å². The number of rotatable bonds is 5. The molecular formula is C27H24O3. The summed E-state index contributed by atoms with van der Waals surface area (Å²) in [7, 11) is 3.38. The van der Waals surface area contributed by atoms with Crippen molar-refractivity contribution in [1.82, 2.24) is 0 Å². The first kappa shape index (κ1) is 18.6. The van der Waals surface area contributed by atoms with Crippen molar-refractivity contribution in [2.45, 2.75) is 19.8 Å². The molecule has 0 N–H and O–H groups in total. The lowest BCUT2D eigenvalue weighted by atomic mass is 9.91. The van der Waals surface area contributed by atoms with Crippen molar-refractivity contribution >= 4 is 22.4 Å². The maximum atomic E-state index is 6.00. The minimum atomic E-state index is 0.795. The molecule has 0 bridgehead atoms. The van der Waals surface area contributed by atoms with E-state index in [0.29, 0.717) is 0 Å². The first-order valence-electron chi connectivity index (χ1n) is 10.3. The average molecular weight is 396 g/mol. The van der Waals surface area contributed by atoms with E-state index in [4.69, 9.17) is 13.9 Å². The van der Waals surface area contributed by atoms with Gasteiger partial charge in [-0.1, -0.05) is 43.3 Å². The summed E-state index contributed by atoms with van der Waals surface area (Å²) >= 11 is 0. The SMILES string of the molecule is CCc1ccc2c(c1-c1cc(OC)cc(OC)c1)C=C(c1occ3ccccc13)C2. The smallest absolute Gasteiger partial charge is 0.138 e. The van der Waals surface area contributed by atoms with Gasteiger partial charge in [0.05, 0.1) is 20.5 Å². The number of aryl methyl sites for hydroxylation is 1. The standard InChI is InChI=1S/C27H24O3/c1-4-17-9-10-18-11-21(27-24-8-6-5-7-19(24)16-30-27)14-25(18)26(17)20-12-22(28-2)15-23(13-20)29-3/h5-10,12-16H,4,11H2,1-3H3. The summed E-state index contributed by atoms with van der Waals surface area (Å²) in [5.41, 5.74) is 7.47. The van der Waals surface area contributed by atoms with Gasteiger partial charge in [0.25, 0.3) is 0 Å². The molecular weight excluding hydrogens is 372 g/mol. The zero-order valence-corrected chi connectivity index (χ0v) is 17.5. The van der Waals surface area contributed by atoms with Gasteiger partial charge in [0.15, 0.2) is 0 Å². The van der Waals surface area contributed by atoms with Gasteiger partial charge in [-0.05, 0) is 52.4 Å². The van der Waals surface area contributed by atoms with Crippen LogP contribution in [0.15, 0.2) is 65.3 Å². The Morgan fingerprint density at radius 1 is 0.933 bits per heavy atom. The number of hydrogen-bond donors (Lipinski definition) is 0. The van der Waals surface area contributed by atoms with E-state index in [2.05, 4.69) is 55.5 Å². The van der Waals surface area contributed by atoms with Crippen LogP contribution in [0.25, 0.3) is 33.5 Å². The van der Waals surface area contributed by atoms with Crippen LogP contribution in [0, 0.1) is 0 Å². The van der Waals surface area contributed by atoms with Crippen LogP contribution in [0.1, 0.15) is 29.4 Å². The number of benzene rings is 3. The largest absolute Gasteiger partial charge is 0.497 e. The molecule has 0 saturated carbocycles. The molecule has 3 heteroatoms. The molecule has 30 heavy (non-hydrogen) atoms. The quantitative estimate of drug-likeness (QED) is 0.373. The lowest BCUT2D eigenvalue weighted by molar-refractivity contribution is 0.394. The van der Waals surface area contributed by atoms with E-state index >= 15 is 0 Å². The molecule has 0 spiro atoms. The highest BCUT2D eigenvalue weighted by Crippen LogP contribution is 2.43. The molecule has 0 fully saturated rings. The molecule has 3 nitrogen and oxygen atoms in total. The first-order chi connectivity index (χ1) is 14.7. The van der Waals surface area contributed by atoms with Gasteiger partial charge in [-0.3, -0.25) is 0 Å². The third-order valence-electron chi connectivity index (χ3n) is 5.94. The Morgan fingerprint density at radius 2 is 1.70 bits per heavy atom. The molecule has 1 heterocycles. The summed E-state index contributed by atoms with van der Waals surface area (Å²) in [4.78, 5) is 0. The zero-order chi connectivity index (χ0) is 20.7. The molecule has 0 aliphatic heterocycles. The molecule has 0 atom stereocenters. The highest BCUT2D eigenvalue weighted by molar-refractivity contribution is 6.01. The van der Waals surface area contributed by atoms with Gasteiger partial charge in [-0.15, -0.1) is 0 Å². The van der Waals surface area contributed by atoms with Crippen LogP contribution < -0.4 is 9.47 Å². The highest BCUT2D eigenvalue weighted by Gasteiger charge is 2.23. The fourth-order valence-electron chi connectivity index (χ4n) is 4.43. The Kier molecular flexibility index (Phi) is 4.59. The maximum Gasteiger partial charge on any atom is 0.138 e. The minimum Gasteiger partial charge on any atom is -0.497 e. The summed E-state index contributed by atoms with van der Waals surface area (Å²) in [6.45, 7) is 2.20. The zero-order valence-electron chi connectivity index (χ0n) is 17.5. The summed E-state index contributed by atoms with van der Waals surface area (Å²) < 4.78 is 17.1. The lowest BCUT2D eigenvalue weighted by Crippen LogP contribution is -1.96. The number of hydrogen-bond acceptors (Lipinski definition) is 3. The predicted octanol–water partition coefficient (Wildman–Crippen LogP) is 6.78. The molecule has 150 valence electrons. The van der Waals surface area contributed by atoms with Crippen molar-refractivity contribution in [3.8, 4) is 22.6 Å². The van der Waals surface area contributed by atoms with E-state index in [1.807, 2.05) is 18.4 Å². The van der Waals surface area contributed by atoms with Gasteiger partial charge >= 0.3 is 0 Å². The molecule has 1 aliphatic carbocycles. The minimum absolute atomic E-state index is 0.795. The van der Waals surface area contributed by atoms with Crippen LogP contribution in [0.5, 0.6) is 11.5 Å². The predicted molar refractivity (Wildman–Crippen MR) is 122 cm³/mol. The monoisotopic (exact) mass is 396 g/mol. The van der Waals surface area contributed by atoms with Crippen molar-refractivity contribution in [1.29, 1.82) is 0 Å². The molecule has 4 aromatic rings. The van der Waals surface area contributed by atoms with Crippen molar-refractivity contribution in [2.75, 3.05) is 14.2 Å². The Hall–Kier alpha value is -3.46. The summed E-state index contributed by atoms with van der Waals surface area (Å²) in [5, 5.41) is 2.30. The molecule has 0 radical (unpaired) electrons. The molecule has 0 unspecified atom stereocenters. The lowest BCUT2D eigenvalue weighted by Gasteiger charge is -2.15. The molecule has 0 amide bonds. The Labute approximate surface area is 176 Å². The summed E-state index contributed by atoms with van der Waals surface area (Å²) in [6, 6.07) is 18.9. The normalized spacial score (nSPS) is 12.7. The number of furan rings is 1.